The average Bonchev–Trinajstić information content (AvgIpc) is 2.81. The molecule has 0 fully saturated rings. The molecule has 0 aliphatic rings. The van der Waals surface area contributed by atoms with Gasteiger partial charge in [0.15, 0.2) is 0 Å². The monoisotopic (exact) mass is 325 g/mol. The Morgan fingerprint density at radius 2 is 2.17 bits per heavy atom. The van der Waals surface area contributed by atoms with Crippen LogP contribution in [0.15, 0.2) is 40.2 Å². The maximum absolute atomic E-state index is 11.6. The number of carbonyl (C=O) groups excluding carboxylic acids is 1. The van der Waals surface area contributed by atoms with Gasteiger partial charge < -0.3 is 10.1 Å². The summed E-state index contributed by atoms with van der Waals surface area (Å²) in [6, 6.07) is 9.33. The summed E-state index contributed by atoms with van der Waals surface area (Å²) < 4.78 is 5.83. The Bertz CT molecular complexity index is 553. The van der Waals surface area contributed by atoms with Gasteiger partial charge >= 0.3 is 5.97 Å². The summed E-state index contributed by atoms with van der Waals surface area (Å²) >= 11 is 5.14. The number of hydrogen-bond acceptors (Lipinski definition) is 4. The third kappa shape index (κ3) is 2.91. The molecule has 1 N–H and O–H groups in total. The van der Waals surface area contributed by atoms with Crippen LogP contribution in [-0.4, -0.2) is 13.1 Å². The van der Waals surface area contributed by atoms with E-state index in [1.165, 1.54) is 12.0 Å². The first-order valence-electron chi connectivity index (χ1n) is 5.35. The lowest BCUT2D eigenvalue weighted by atomic mass is 10.2. The van der Waals surface area contributed by atoms with Crippen molar-refractivity contribution in [1.82, 2.24) is 0 Å². The number of benzene rings is 1. The topological polar surface area (TPSA) is 38.3 Å². The molecule has 0 unspecified atom stereocenters. The number of ether oxygens (including phenoxy) is 1. The Morgan fingerprint density at radius 3 is 2.83 bits per heavy atom. The summed E-state index contributed by atoms with van der Waals surface area (Å²) in [5.74, 6) is -0.330. The van der Waals surface area contributed by atoms with Crippen LogP contribution in [0.1, 0.15) is 15.2 Å². The summed E-state index contributed by atoms with van der Waals surface area (Å²) in [7, 11) is 1.38. The van der Waals surface area contributed by atoms with Crippen molar-refractivity contribution in [2.45, 2.75) is 6.54 Å². The molecule has 0 aliphatic carbocycles. The largest absolute Gasteiger partial charge is 0.465 e. The van der Waals surface area contributed by atoms with Crippen molar-refractivity contribution in [3.8, 4) is 0 Å². The first kappa shape index (κ1) is 13.1. The fraction of sp³-hybridized carbons (Fsp3) is 0.154. The van der Waals surface area contributed by atoms with E-state index in [1.807, 2.05) is 29.6 Å². The van der Waals surface area contributed by atoms with Crippen molar-refractivity contribution < 1.29 is 9.53 Å². The molecular formula is C13H12BrNO2S. The molecule has 3 nitrogen and oxygen atoms in total. The third-order valence-electron chi connectivity index (χ3n) is 2.46. The highest BCUT2D eigenvalue weighted by Gasteiger charge is 2.11. The Labute approximate surface area is 118 Å². The molecule has 0 bridgehead atoms. The first-order valence-corrected chi connectivity index (χ1v) is 7.02. The SMILES string of the molecule is COC(=O)c1ccccc1NCc1sccc1Br. The number of carbonyl (C=O) groups is 1. The maximum Gasteiger partial charge on any atom is 0.339 e. The highest BCUT2D eigenvalue weighted by atomic mass is 79.9. The first-order chi connectivity index (χ1) is 8.72. The van der Waals surface area contributed by atoms with E-state index in [1.54, 1.807) is 17.4 Å². The molecule has 2 rings (SSSR count). The second-order valence-electron chi connectivity index (χ2n) is 3.58. The van der Waals surface area contributed by atoms with Crippen molar-refractivity contribution in [2.75, 3.05) is 12.4 Å². The van der Waals surface area contributed by atoms with Crippen molar-refractivity contribution in [2.24, 2.45) is 0 Å². The highest BCUT2D eigenvalue weighted by molar-refractivity contribution is 9.10. The minimum absolute atomic E-state index is 0.330. The van der Waals surface area contributed by atoms with Gasteiger partial charge in [0.05, 0.1) is 19.2 Å². The van der Waals surface area contributed by atoms with Crippen molar-refractivity contribution in [1.29, 1.82) is 0 Å². The van der Waals surface area contributed by atoms with Crippen LogP contribution in [0.25, 0.3) is 0 Å². The van der Waals surface area contributed by atoms with Gasteiger partial charge in [0.1, 0.15) is 0 Å². The number of halogens is 1. The molecule has 0 saturated carbocycles. The Hall–Kier alpha value is -1.33. The number of anilines is 1. The molecule has 0 amide bonds. The zero-order valence-electron chi connectivity index (χ0n) is 9.77. The van der Waals surface area contributed by atoms with Crippen molar-refractivity contribution in [3.05, 3.63) is 50.6 Å². The molecule has 1 aromatic heterocycles. The summed E-state index contributed by atoms with van der Waals surface area (Å²) in [5.41, 5.74) is 1.33. The van der Waals surface area contributed by atoms with Gasteiger partial charge in [0.2, 0.25) is 0 Å². The molecule has 2 aromatic rings. The zero-order chi connectivity index (χ0) is 13.0. The Kier molecular flexibility index (Phi) is 4.38. The predicted octanol–water partition coefficient (Wildman–Crippen LogP) is 3.91. The smallest absolute Gasteiger partial charge is 0.339 e. The van der Waals surface area contributed by atoms with Gasteiger partial charge in [0, 0.05) is 15.0 Å². The van der Waals surface area contributed by atoms with E-state index in [2.05, 4.69) is 21.2 Å². The molecule has 94 valence electrons. The van der Waals surface area contributed by atoms with Gasteiger partial charge in [-0.2, -0.15) is 0 Å². The van der Waals surface area contributed by atoms with Crippen LogP contribution in [0.4, 0.5) is 5.69 Å². The van der Waals surface area contributed by atoms with Crippen molar-refractivity contribution >= 4 is 38.9 Å². The minimum atomic E-state index is -0.330. The van der Waals surface area contributed by atoms with Crippen LogP contribution in [0.2, 0.25) is 0 Å². The number of esters is 1. The van der Waals surface area contributed by atoms with Crippen LogP contribution in [0, 0.1) is 0 Å². The molecule has 5 heteroatoms. The molecule has 18 heavy (non-hydrogen) atoms. The molecule has 0 atom stereocenters. The number of nitrogens with one attached hydrogen (secondary N) is 1. The van der Waals surface area contributed by atoms with E-state index in [9.17, 15) is 4.79 Å². The van der Waals surface area contributed by atoms with Gasteiger partial charge in [-0.1, -0.05) is 12.1 Å². The molecule has 0 saturated heterocycles. The second kappa shape index (κ2) is 6.02. The van der Waals surface area contributed by atoms with Crippen LogP contribution in [-0.2, 0) is 11.3 Å². The standard InChI is InChI=1S/C13H12BrNO2S/c1-17-13(16)9-4-2-3-5-11(9)15-8-12-10(14)6-7-18-12/h2-7,15H,8H2,1H3. The quantitative estimate of drug-likeness (QED) is 0.866. The van der Waals surface area contributed by atoms with E-state index in [0.717, 1.165) is 10.2 Å². The lowest BCUT2D eigenvalue weighted by Gasteiger charge is -2.09. The Morgan fingerprint density at radius 1 is 1.39 bits per heavy atom. The normalized spacial score (nSPS) is 10.1. The van der Waals surface area contributed by atoms with E-state index < -0.39 is 0 Å². The fourth-order valence-electron chi connectivity index (χ4n) is 1.55. The molecule has 0 radical (unpaired) electrons. The molecule has 1 heterocycles. The summed E-state index contributed by atoms with van der Waals surface area (Å²) in [4.78, 5) is 12.8. The van der Waals surface area contributed by atoms with Crippen molar-refractivity contribution in [3.63, 3.8) is 0 Å². The molecule has 1 aromatic carbocycles. The van der Waals surface area contributed by atoms with E-state index in [0.29, 0.717) is 12.1 Å². The maximum atomic E-state index is 11.6. The number of hydrogen-bond donors (Lipinski definition) is 1. The zero-order valence-corrected chi connectivity index (χ0v) is 12.2. The van der Waals surface area contributed by atoms with Crippen LogP contribution < -0.4 is 5.32 Å². The lowest BCUT2D eigenvalue weighted by molar-refractivity contribution is 0.0602. The number of para-hydroxylation sites is 1. The second-order valence-corrected chi connectivity index (χ2v) is 5.44. The highest BCUT2D eigenvalue weighted by Crippen LogP contribution is 2.24. The van der Waals surface area contributed by atoms with Gasteiger partial charge in [-0.3, -0.25) is 0 Å². The third-order valence-corrected chi connectivity index (χ3v) is 4.39. The number of thiophene rings is 1. The minimum Gasteiger partial charge on any atom is -0.465 e. The van der Waals surface area contributed by atoms with Crippen LogP contribution in [0.3, 0.4) is 0 Å². The summed E-state index contributed by atoms with van der Waals surface area (Å²) in [6.07, 6.45) is 0. The molecule has 0 spiro atoms. The van der Waals surface area contributed by atoms with Gasteiger partial charge in [-0.25, -0.2) is 4.79 Å². The predicted molar refractivity (Wildman–Crippen MR) is 77.1 cm³/mol. The van der Waals surface area contributed by atoms with E-state index in [4.69, 9.17) is 4.74 Å². The van der Waals surface area contributed by atoms with Crippen LogP contribution in [0.5, 0.6) is 0 Å². The number of methoxy groups -OCH3 is 1. The summed E-state index contributed by atoms with van der Waals surface area (Å²) in [6.45, 7) is 0.673. The average molecular weight is 326 g/mol. The van der Waals surface area contributed by atoms with E-state index >= 15 is 0 Å². The molecular weight excluding hydrogens is 314 g/mol. The number of rotatable bonds is 4. The van der Waals surface area contributed by atoms with Gasteiger partial charge in [0.25, 0.3) is 0 Å². The molecule has 0 aliphatic heterocycles. The van der Waals surface area contributed by atoms with Gasteiger partial charge in [-0.15, -0.1) is 11.3 Å². The van der Waals surface area contributed by atoms with E-state index in [-0.39, 0.29) is 5.97 Å². The summed E-state index contributed by atoms with van der Waals surface area (Å²) in [5, 5.41) is 5.27. The lowest BCUT2D eigenvalue weighted by Crippen LogP contribution is -2.07. The Balaban J connectivity index is 2.14. The van der Waals surface area contributed by atoms with Crippen LogP contribution >= 0.6 is 27.3 Å². The van der Waals surface area contributed by atoms with Gasteiger partial charge in [-0.05, 0) is 39.5 Å². The fourth-order valence-corrected chi connectivity index (χ4v) is 2.98.